The van der Waals surface area contributed by atoms with E-state index in [0.717, 1.165) is 11.3 Å². The standard InChI is InChI=1S/C15H15ClN4O3S4/c1-20-14(17-18-15(20)24-2)12-8-9-13(25-12)27(22,23)19-26(3,21)11-6-4-10(16)5-7-11/h4-9H,1-3H3/t26-/m1/s1. The Morgan fingerprint density at radius 1 is 1.11 bits per heavy atom. The number of sulfonamides is 1. The van der Waals surface area contributed by atoms with Crippen molar-refractivity contribution in [3.05, 3.63) is 41.4 Å². The fourth-order valence-corrected chi connectivity index (χ4v) is 7.59. The maximum Gasteiger partial charge on any atom is 0.299 e. The zero-order chi connectivity index (χ0) is 19.8. The molecule has 0 aliphatic carbocycles. The van der Waals surface area contributed by atoms with Crippen LogP contribution < -0.4 is 0 Å². The molecule has 0 fully saturated rings. The quantitative estimate of drug-likeness (QED) is 0.535. The van der Waals surface area contributed by atoms with Crippen molar-refractivity contribution in [2.75, 3.05) is 12.5 Å². The highest BCUT2D eigenvalue weighted by Crippen LogP contribution is 2.32. The van der Waals surface area contributed by atoms with Gasteiger partial charge in [-0.15, -0.1) is 25.3 Å². The van der Waals surface area contributed by atoms with Crippen molar-refractivity contribution in [2.24, 2.45) is 10.8 Å². The Bertz CT molecular complexity index is 1210. The van der Waals surface area contributed by atoms with Gasteiger partial charge in [0.1, 0.15) is 4.21 Å². The van der Waals surface area contributed by atoms with Gasteiger partial charge in [0.2, 0.25) is 0 Å². The SMILES string of the molecule is CSc1nnc(-c2ccc(S(=O)(=O)N=[S@](C)(=O)c3ccc(Cl)cc3)s2)n1C. The lowest BCUT2D eigenvalue weighted by molar-refractivity contribution is 0.600. The van der Waals surface area contributed by atoms with Gasteiger partial charge in [-0.05, 0) is 42.7 Å². The molecule has 3 aromatic rings. The fourth-order valence-electron chi connectivity index (χ4n) is 2.24. The number of hydrogen-bond acceptors (Lipinski definition) is 7. The first-order valence-electron chi connectivity index (χ1n) is 7.41. The third-order valence-corrected chi connectivity index (χ3v) is 10.0. The number of aromatic nitrogens is 3. The summed E-state index contributed by atoms with van der Waals surface area (Å²) >= 11 is 8.27. The normalized spacial score (nSPS) is 14.1. The molecule has 2 aromatic heterocycles. The Kier molecular flexibility index (Phi) is 5.69. The van der Waals surface area contributed by atoms with E-state index >= 15 is 0 Å². The first-order chi connectivity index (χ1) is 12.6. The Labute approximate surface area is 171 Å². The Balaban J connectivity index is 2.01. The zero-order valence-electron chi connectivity index (χ0n) is 14.5. The molecular weight excluding hydrogens is 448 g/mol. The summed E-state index contributed by atoms with van der Waals surface area (Å²) in [5.74, 6) is 0.556. The van der Waals surface area contributed by atoms with Gasteiger partial charge in [0.05, 0.1) is 14.6 Å². The average molecular weight is 463 g/mol. The predicted molar refractivity (Wildman–Crippen MR) is 109 cm³/mol. The van der Waals surface area contributed by atoms with Gasteiger partial charge in [0, 0.05) is 23.2 Å². The molecule has 0 radical (unpaired) electrons. The van der Waals surface area contributed by atoms with E-state index in [1.807, 2.05) is 6.26 Å². The molecular formula is C15H15ClN4O3S4. The van der Waals surface area contributed by atoms with Crippen LogP contribution in [0.2, 0.25) is 5.02 Å². The van der Waals surface area contributed by atoms with Crippen LogP contribution in [0.15, 0.2) is 54.4 Å². The summed E-state index contributed by atoms with van der Waals surface area (Å²) in [6, 6.07) is 9.18. The number of thiophene rings is 1. The number of rotatable bonds is 5. The van der Waals surface area contributed by atoms with E-state index in [9.17, 15) is 12.6 Å². The monoisotopic (exact) mass is 462 g/mol. The van der Waals surface area contributed by atoms with Crippen LogP contribution in [0.3, 0.4) is 0 Å². The van der Waals surface area contributed by atoms with E-state index in [1.165, 1.54) is 36.2 Å². The van der Waals surface area contributed by atoms with Gasteiger partial charge in [-0.25, -0.2) is 4.21 Å². The van der Waals surface area contributed by atoms with Crippen LogP contribution >= 0.6 is 34.7 Å². The first kappa shape index (κ1) is 20.3. The molecule has 1 aromatic carbocycles. The molecule has 0 N–H and O–H groups in total. The number of benzene rings is 1. The van der Waals surface area contributed by atoms with Gasteiger partial charge >= 0.3 is 0 Å². The summed E-state index contributed by atoms with van der Waals surface area (Å²) in [6.45, 7) is 0. The molecule has 0 amide bonds. The molecule has 27 heavy (non-hydrogen) atoms. The van der Waals surface area contributed by atoms with Crippen molar-refractivity contribution in [3.8, 4) is 10.7 Å². The molecule has 7 nitrogen and oxygen atoms in total. The average Bonchev–Trinajstić information content (AvgIpc) is 3.21. The maximum absolute atomic E-state index is 12.8. The van der Waals surface area contributed by atoms with Crippen LogP contribution in [0.1, 0.15) is 0 Å². The van der Waals surface area contributed by atoms with Crippen LogP contribution in [-0.2, 0) is 26.8 Å². The summed E-state index contributed by atoms with van der Waals surface area (Å²) in [6.07, 6.45) is 3.17. The van der Waals surface area contributed by atoms with Crippen LogP contribution in [0, 0.1) is 0 Å². The van der Waals surface area contributed by atoms with Crippen LogP contribution in [0.4, 0.5) is 0 Å². The van der Waals surface area contributed by atoms with Crippen LogP contribution in [0.5, 0.6) is 0 Å². The van der Waals surface area contributed by atoms with E-state index in [0.29, 0.717) is 25.8 Å². The third-order valence-electron chi connectivity index (χ3n) is 3.56. The van der Waals surface area contributed by atoms with Crippen LogP contribution in [-0.4, -0.2) is 39.9 Å². The van der Waals surface area contributed by atoms with Crippen molar-refractivity contribution in [1.82, 2.24) is 14.8 Å². The largest absolute Gasteiger partial charge is 0.305 e. The van der Waals surface area contributed by atoms with Gasteiger partial charge in [0.25, 0.3) is 10.0 Å². The van der Waals surface area contributed by atoms with Gasteiger partial charge in [-0.3, -0.25) is 0 Å². The lowest BCUT2D eigenvalue weighted by Crippen LogP contribution is -2.03. The molecule has 3 rings (SSSR count). The Morgan fingerprint density at radius 2 is 1.78 bits per heavy atom. The summed E-state index contributed by atoms with van der Waals surface area (Å²) in [5, 5.41) is 9.31. The topological polar surface area (TPSA) is 94.3 Å². The summed E-state index contributed by atoms with van der Waals surface area (Å²) in [4.78, 5) is 0.929. The van der Waals surface area contributed by atoms with Crippen molar-refractivity contribution in [3.63, 3.8) is 0 Å². The van der Waals surface area contributed by atoms with E-state index in [-0.39, 0.29) is 4.21 Å². The molecule has 144 valence electrons. The Morgan fingerprint density at radius 3 is 2.37 bits per heavy atom. The minimum atomic E-state index is -4.10. The minimum Gasteiger partial charge on any atom is -0.305 e. The fraction of sp³-hybridized carbons (Fsp3) is 0.200. The van der Waals surface area contributed by atoms with Crippen molar-refractivity contribution in [2.45, 2.75) is 14.3 Å². The van der Waals surface area contributed by atoms with E-state index < -0.39 is 19.8 Å². The zero-order valence-corrected chi connectivity index (χ0v) is 18.5. The number of hydrogen-bond donors (Lipinski definition) is 0. The number of thioether (sulfide) groups is 1. The highest BCUT2D eigenvalue weighted by atomic mass is 35.5. The molecule has 2 heterocycles. The smallest absolute Gasteiger partial charge is 0.299 e. The van der Waals surface area contributed by atoms with Gasteiger partial charge in [-0.1, -0.05) is 23.4 Å². The molecule has 0 unspecified atom stereocenters. The van der Waals surface area contributed by atoms with Gasteiger partial charge < -0.3 is 4.57 Å². The third kappa shape index (κ3) is 4.21. The lowest BCUT2D eigenvalue weighted by atomic mass is 10.4. The molecule has 0 spiro atoms. The minimum absolute atomic E-state index is 0.00487. The van der Waals surface area contributed by atoms with E-state index in [1.54, 1.807) is 29.8 Å². The van der Waals surface area contributed by atoms with Crippen molar-refractivity contribution < 1.29 is 12.6 Å². The predicted octanol–water partition coefficient (Wildman–Crippen LogP) is 3.76. The number of nitrogens with zero attached hydrogens (tertiary/aromatic N) is 4. The van der Waals surface area contributed by atoms with Crippen molar-refractivity contribution >= 4 is 54.5 Å². The van der Waals surface area contributed by atoms with E-state index in [4.69, 9.17) is 11.6 Å². The maximum atomic E-state index is 12.8. The van der Waals surface area contributed by atoms with Crippen LogP contribution in [0.25, 0.3) is 10.7 Å². The molecule has 0 aliphatic rings. The lowest BCUT2D eigenvalue weighted by Gasteiger charge is -2.04. The second-order valence-corrected chi connectivity index (χ2v) is 12.1. The van der Waals surface area contributed by atoms with Crippen molar-refractivity contribution in [1.29, 1.82) is 0 Å². The summed E-state index contributed by atoms with van der Waals surface area (Å²) in [5.41, 5.74) is 0. The molecule has 0 bridgehead atoms. The molecule has 0 saturated heterocycles. The molecule has 1 atom stereocenters. The van der Waals surface area contributed by atoms with E-state index in [2.05, 4.69) is 14.0 Å². The first-order valence-corrected chi connectivity index (χ1v) is 13.2. The highest BCUT2D eigenvalue weighted by Gasteiger charge is 2.22. The Hall–Kier alpha value is -1.40. The number of halogens is 1. The molecule has 0 aliphatic heterocycles. The van der Waals surface area contributed by atoms with Gasteiger partial charge in [0.15, 0.2) is 11.0 Å². The molecule has 0 saturated carbocycles. The van der Waals surface area contributed by atoms with Gasteiger partial charge in [-0.2, -0.15) is 8.42 Å². The summed E-state index contributed by atoms with van der Waals surface area (Å²) < 4.78 is 43.6. The summed E-state index contributed by atoms with van der Waals surface area (Å²) in [7, 11) is -5.45. The molecule has 12 heteroatoms. The highest BCUT2D eigenvalue weighted by molar-refractivity contribution is 8.03. The second-order valence-electron chi connectivity index (χ2n) is 5.49. The second kappa shape index (κ2) is 7.55.